The summed E-state index contributed by atoms with van der Waals surface area (Å²) in [6.07, 6.45) is 6.66. The average Bonchev–Trinajstić information content (AvgIpc) is 2.41. The Bertz CT molecular complexity index is 191. The molecule has 2 aliphatic heterocycles. The molecule has 0 radical (unpaired) electrons. The molecule has 0 saturated carbocycles. The number of hydrogen-bond donors (Lipinski definition) is 1. The molecule has 2 rings (SSSR count). The number of nitrogens with one attached hydrogen (secondary N) is 1. The summed E-state index contributed by atoms with van der Waals surface area (Å²) in [5.74, 6) is 1.65. The molecule has 2 heterocycles. The summed E-state index contributed by atoms with van der Waals surface area (Å²) in [4.78, 5) is 2.69. The molecule has 18 heavy (non-hydrogen) atoms. The van der Waals surface area contributed by atoms with Crippen molar-refractivity contribution in [1.29, 1.82) is 0 Å². The molecule has 3 nitrogen and oxygen atoms in total. The van der Waals surface area contributed by atoms with E-state index in [1.165, 1.54) is 64.8 Å². The molecule has 2 unspecified atom stereocenters. The van der Waals surface area contributed by atoms with Crippen molar-refractivity contribution in [3.8, 4) is 0 Å². The van der Waals surface area contributed by atoms with Crippen LogP contribution >= 0.6 is 0 Å². The Morgan fingerprint density at radius 3 is 2.67 bits per heavy atom. The molecule has 3 heteroatoms. The maximum atomic E-state index is 5.61. The van der Waals surface area contributed by atoms with Gasteiger partial charge in [-0.2, -0.15) is 0 Å². The summed E-state index contributed by atoms with van der Waals surface area (Å²) in [5, 5.41) is 3.53. The molecule has 1 N–H and O–H groups in total. The molecule has 2 atom stereocenters. The van der Waals surface area contributed by atoms with Gasteiger partial charge >= 0.3 is 0 Å². The maximum Gasteiger partial charge on any atom is 0.0506 e. The first-order chi connectivity index (χ1) is 8.88. The third kappa shape index (κ3) is 4.87. The van der Waals surface area contributed by atoms with Gasteiger partial charge in [0.1, 0.15) is 0 Å². The zero-order valence-corrected chi connectivity index (χ0v) is 12.0. The van der Waals surface area contributed by atoms with E-state index in [9.17, 15) is 0 Å². The summed E-state index contributed by atoms with van der Waals surface area (Å²) >= 11 is 0. The Labute approximate surface area is 112 Å². The van der Waals surface area contributed by atoms with E-state index in [0.717, 1.165) is 25.0 Å². The van der Waals surface area contributed by atoms with Gasteiger partial charge in [-0.3, -0.25) is 0 Å². The highest BCUT2D eigenvalue weighted by Gasteiger charge is 2.21. The van der Waals surface area contributed by atoms with Gasteiger partial charge in [0.2, 0.25) is 0 Å². The molecule has 0 bridgehead atoms. The topological polar surface area (TPSA) is 24.5 Å². The maximum absolute atomic E-state index is 5.61. The Kier molecular flexibility index (Phi) is 6.46. The van der Waals surface area contributed by atoms with Crippen LogP contribution in [-0.4, -0.2) is 50.8 Å². The smallest absolute Gasteiger partial charge is 0.0506 e. The summed E-state index contributed by atoms with van der Waals surface area (Å²) in [6, 6.07) is 0. The van der Waals surface area contributed by atoms with Crippen LogP contribution < -0.4 is 5.32 Å². The summed E-state index contributed by atoms with van der Waals surface area (Å²) in [6.45, 7) is 10.5. The van der Waals surface area contributed by atoms with Gasteiger partial charge in [-0.15, -0.1) is 0 Å². The quantitative estimate of drug-likeness (QED) is 0.786. The predicted octanol–water partition coefficient (Wildman–Crippen LogP) is 2.12. The SMILES string of the molecule is CCCN(CC1CCCNC1)CC1CCCOC1. The van der Waals surface area contributed by atoms with Crippen LogP contribution in [0.15, 0.2) is 0 Å². The van der Waals surface area contributed by atoms with Crippen molar-refractivity contribution >= 4 is 0 Å². The average molecular weight is 254 g/mol. The zero-order valence-electron chi connectivity index (χ0n) is 12.0. The van der Waals surface area contributed by atoms with Crippen LogP contribution in [0.1, 0.15) is 39.0 Å². The number of ether oxygens (including phenoxy) is 1. The van der Waals surface area contributed by atoms with Crippen molar-refractivity contribution in [2.75, 3.05) is 45.9 Å². The normalized spacial score (nSPS) is 29.7. The van der Waals surface area contributed by atoms with E-state index in [-0.39, 0.29) is 0 Å². The van der Waals surface area contributed by atoms with Gasteiger partial charge in [-0.05, 0) is 63.6 Å². The van der Waals surface area contributed by atoms with Crippen molar-refractivity contribution in [3.63, 3.8) is 0 Å². The van der Waals surface area contributed by atoms with Crippen LogP contribution in [0, 0.1) is 11.8 Å². The lowest BCUT2D eigenvalue weighted by Crippen LogP contribution is -2.41. The summed E-state index contributed by atoms with van der Waals surface area (Å²) in [7, 11) is 0. The van der Waals surface area contributed by atoms with E-state index in [0.29, 0.717) is 0 Å². The third-order valence-corrected chi connectivity index (χ3v) is 4.23. The predicted molar refractivity (Wildman–Crippen MR) is 75.9 cm³/mol. The van der Waals surface area contributed by atoms with Crippen LogP contribution in [0.2, 0.25) is 0 Å². The van der Waals surface area contributed by atoms with Crippen LogP contribution in [-0.2, 0) is 4.74 Å². The molecular weight excluding hydrogens is 224 g/mol. The number of hydrogen-bond acceptors (Lipinski definition) is 3. The number of nitrogens with zero attached hydrogens (tertiary/aromatic N) is 1. The van der Waals surface area contributed by atoms with Crippen molar-refractivity contribution in [1.82, 2.24) is 10.2 Å². The minimum atomic E-state index is 0.779. The molecule has 0 amide bonds. The van der Waals surface area contributed by atoms with Crippen LogP contribution in [0.5, 0.6) is 0 Å². The van der Waals surface area contributed by atoms with E-state index in [1.54, 1.807) is 0 Å². The van der Waals surface area contributed by atoms with Gasteiger partial charge in [0, 0.05) is 19.7 Å². The van der Waals surface area contributed by atoms with Gasteiger partial charge in [-0.25, -0.2) is 0 Å². The van der Waals surface area contributed by atoms with Crippen LogP contribution in [0.4, 0.5) is 0 Å². The number of rotatable bonds is 6. The third-order valence-electron chi connectivity index (χ3n) is 4.23. The molecule has 0 aromatic rings. The molecule has 2 saturated heterocycles. The molecule has 2 aliphatic rings. The van der Waals surface area contributed by atoms with Crippen LogP contribution in [0.3, 0.4) is 0 Å². The highest BCUT2D eigenvalue weighted by Crippen LogP contribution is 2.18. The first-order valence-corrected chi connectivity index (χ1v) is 7.89. The molecule has 0 aliphatic carbocycles. The molecule has 0 aromatic heterocycles. The van der Waals surface area contributed by atoms with Gasteiger partial charge < -0.3 is 15.0 Å². The van der Waals surface area contributed by atoms with Crippen molar-refractivity contribution < 1.29 is 4.74 Å². The van der Waals surface area contributed by atoms with E-state index in [1.807, 2.05) is 0 Å². The second kappa shape index (κ2) is 8.13. The largest absolute Gasteiger partial charge is 0.381 e. The van der Waals surface area contributed by atoms with Gasteiger partial charge in [0.25, 0.3) is 0 Å². The standard InChI is InChI=1S/C15H30N2O/c1-2-8-17(11-14-5-3-7-16-10-14)12-15-6-4-9-18-13-15/h14-16H,2-13H2,1H3. The van der Waals surface area contributed by atoms with E-state index in [2.05, 4.69) is 17.1 Å². The van der Waals surface area contributed by atoms with Gasteiger partial charge in [0.05, 0.1) is 6.61 Å². The number of piperidine rings is 1. The molecular formula is C15H30N2O. The monoisotopic (exact) mass is 254 g/mol. The summed E-state index contributed by atoms with van der Waals surface area (Å²) < 4.78 is 5.61. The Morgan fingerprint density at radius 1 is 1.17 bits per heavy atom. The Hall–Kier alpha value is -0.120. The van der Waals surface area contributed by atoms with Gasteiger partial charge in [0.15, 0.2) is 0 Å². The lowest BCUT2D eigenvalue weighted by Gasteiger charge is -2.33. The molecule has 0 spiro atoms. The minimum absolute atomic E-state index is 0.779. The van der Waals surface area contributed by atoms with Gasteiger partial charge in [-0.1, -0.05) is 6.92 Å². The first-order valence-electron chi connectivity index (χ1n) is 7.89. The summed E-state index contributed by atoms with van der Waals surface area (Å²) in [5.41, 5.74) is 0. The lowest BCUT2D eigenvalue weighted by molar-refractivity contribution is 0.0353. The van der Waals surface area contributed by atoms with E-state index < -0.39 is 0 Å². The second-order valence-electron chi connectivity index (χ2n) is 6.06. The highest BCUT2D eigenvalue weighted by molar-refractivity contribution is 4.75. The van der Waals surface area contributed by atoms with Crippen molar-refractivity contribution in [2.24, 2.45) is 11.8 Å². The fourth-order valence-electron chi connectivity index (χ4n) is 3.33. The Morgan fingerprint density at radius 2 is 2.00 bits per heavy atom. The molecule has 106 valence electrons. The fraction of sp³-hybridized carbons (Fsp3) is 1.00. The highest BCUT2D eigenvalue weighted by atomic mass is 16.5. The second-order valence-corrected chi connectivity index (χ2v) is 6.06. The van der Waals surface area contributed by atoms with E-state index in [4.69, 9.17) is 4.74 Å². The molecule has 2 fully saturated rings. The Balaban J connectivity index is 1.74. The fourth-order valence-corrected chi connectivity index (χ4v) is 3.33. The zero-order chi connectivity index (χ0) is 12.6. The van der Waals surface area contributed by atoms with Crippen molar-refractivity contribution in [3.05, 3.63) is 0 Å². The minimum Gasteiger partial charge on any atom is -0.381 e. The molecule has 0 aromatic carbocycles. The van der Waals surface area contributed by atoms with Crippen molar-refractivity contribution in [2.45, 2.75) is 39.0 Å². The van der Waals surface area contributed by atoms with Crippen LogP contribution in [0.25, 0.3) is 0 Å². The van der Waals surface area contributed by atoms with E-state index >= 15 is 0 Å². The lowest BCUT2D eigenvalue weighted by atomic mass is 9.97. The first kappa shape index (κ1) is 14.3.